The average molecular weight is 553 g/mol. The van der Waals surface area contributed by atoms with E-state index in [2.05, 4.69) is 31.6 Å². The van der Waals surface area contributed by atoms with Gasteiger partial charge in [-0.15, -0.1) is 10.2 Å². The van der Waals surface area contributed by atoms with Crippen molar-refractivity contribution in [3.05, 3.63) is 35.3 Å². The first-order chi connectivity index (χ1) is 17.5. The molecular weight excluding hydrogens is 520 g/mol. The highest BCUT2D eigenvalue weighted by Gasteiger charge is 2.36. The lowest BCUT2D eigenvalue weighted by Gasteiger charge is -2.22. The van der Waals surface area contributed by atoms with E-state index in [1.807, 2.05) is 6.92 Å². The number of amidine groups is 1. The van der Waals surface area contributed by atoms with E-state index in [4.69, 9.17) is 25.8 Å². The van der Waals surface area contributed by atoms with Gasteiger partial charge in [-0.05, 0) is 46.0 Å². The summed E-state index contributed by atoms with van der Waals surface area (Å²) >= 11 is 5.87. The number of nitrogens with one attached hydrogen (secondary N) is 1. The minimum atomic E-state index is -4.01. The van der Waals surface area contributed by atoms with E-state index in [0.29, 0.717) is 41.1 Å². The highest BCUT2D eigenvalue weighted by Crippen LogP contribution is 2.39. The Labute approximate surface area is 222 Å². The van der Waals surface area contributed by atoms with Crippen LogP contribution in [-0.4, -0.2) is 67.9 Å². The normalized spacial score (nSPS) is 20.4. The fourth-order valence-corrected chi connectivity index (χ4v) is 5.38. The fourth-order valence-electron chi connectivity index (χ4n) is 4.10. The van der Waals surface area contributed by atoms with Gasteiger partial charge in [-0.2, -0.15) is 0 Å². The summed E-state index contributed by atoms with van der Waals surface area (Å²) in [6.07, 6.45) is 1.97. The van der Waals surface area contributed by atoms with Crippen molar-refractivity contribution >= 4 is 40.1 Å². The maximum Gasteiger partial charge on any atom is 0.243 e. The molecule has 0 radical (unpaired) electrons. The van der Waals surface area contributed by atoms with Gasteiger partial charge in [0.1, 0.15) is 28.8 Å². The monoisotopic (exact) mass is 552 g/mol. The number of anilines is 1. The molecule has 4 atom stereocenters. The van der Waals surface area contributed by atoms with Crippen LogP contribution in [0.5, 0.6) is 11.5 Å². The van der Waals surface area contributed by atoms with Crippen LogP contribution < -0.4 is 14.2 Å². The summed E-state index contributed by atoms with van der Waals surface area (Å²) in [7, 11) is -0.958. The summed E-state index contributed by atoms with van der Waals surface area (Å²) in [5.41, 5.74) is 0.475. The van der Waals surface area contributed by atoms with Crippen LogP contribution in [0.25, 0.3) is 5.69 Å². The third-order valence-corrected chi connectivity index (χ3v) is 8.34. The Morgan fingerprint density at radius 3 is 2.46 bits per heavy atom. The number of benzene rings is 1. The lowest BCUT2D eigenvalue weighted by Crippen LogP contribution is -2.35. The van der Waals surface area contributed by atoms with Crippen LogP contribution in [0.2, 0.25) is 0 Å². The van der Waals surface area contributed by atoms with Crippen LogP contribution in [0.15, 0.2) is 39.4 Å². The van der Waals surface area contributed by atoms with Crippen molar-refractivity contribution in [3.63, 3.8) is 0 Å². The van der Waals surface area contributed by atoms with E-state index in [9.17, 15) is 8.42 Å². The Hall–Kier alpha value is -2.96. The molecule has 0 aliphatic carbocycles. The molecule has 1 aliphatic rings. The summed E-state index contributed by atoms with van der Waals surface area (Å²) in [6, 6.07) is 5.29. The Morgan fingerprint density at radius 1 is 1.30 bits per heavy atom. The Bertz CT molecular complexity index is 1270. The Morgan fingerprint density at radius 2 is 1.95 bits per heavy atom. The van der Waals surface area contributed by atoms with E-state index in [-0.39, 0.29) is 23.8 Å². The molecule has 202 valence electrons. The number of aromatic nitrogens is 3. The van der Waals surface area contributed by atoms with Crippen molar-refractivity contribution in [2.75, 3.05) is 25.5 Å². The van der Waals surface area contributed by atoms with Crippen molar-refractivity contribution in [1.29, 1.82) is 0 Å². The number of halogens is 1. The number of hydrogen-bond donors (Lipinski definition) is 1. The van der Waals surface area contributed by atoms with E-state index < -0.39 is 21.2 Å². The molecule has 0 bridgehead atoms. The minimum absolute atomic E-state index is 0.00232. The van der Waals surface area contributed by atoms with Gasteiger partial charge in [-0.3, -0.25) is 9.29 Å². The molecular formula is C24H33ClN6O5S. The number of methoxy groups -OCH3 is 2. The molecule has 1 aromatic heterocycles. The summed E-state index contributed by atoms with van der Waals surface area (Å²) < 4.78 is 48.3. The van der Waals surface area contributed by atoms with Gasteiger partial charge in [-0.1, -0.05) is 24.6 Å². The van der Waals surface area contributed by atoms with Crippen molar-refractivity contribution < 1.29 is 22.6 Å². The largest absolute Gasteiger partial charge is 0.494 e. The molecule has 2 heterocycles. The lowest BCUT2D eigenvalue weighted by atomic mass is 10.0. The molecule has 1 aliphatic heterocycles. The topological polar surface area (TPSA) is 129 Å². The molecule has 1 saturated heterocycles. The molecule has 0 saturated carbocycles. The van der Waals surface area contributed by atoms with Gasteiger partial charge in [-0.25, -0.2) is 18.4 Å². The number of aliphatic imine (C=N–C) groups is 2. The second-order valence-corrected chi connectivity index (χ2v) is 11.3. The molecule has 0 unspecified atom stereocenters. The average Bonchev–Trinajstić information content (AvgIpc) is 3.47. The third kappa shape index (κ3) is 6.13. The summed E-state index contributed by atoms with van der Waals surface area (Å²) in [5.74, 6) is 0.961. The van der Waals surface area contributed by atoms with Gasteiger partial charge in [0.25, 0.3) is 0 Å². The van der Waals surface area contributed by atoms with E-state index in [0.717, 1.165) is 0 Å². The van der Waals surface area contributed by atoms with Crippen LogP contribution in [0.4, 0.5) is 5.95 Å². The van der Waals surface area contributed by atoms with Crippen molar-refractivity contribution in [2.45, 2.75) is 51.4 Å². The maximum absolute atomic E-state index is 13.5. The zero-order valence-corrected chi connectivity index (χ0v) is 23.4. The zero-order valence-electron chi connectivity index (χ0n) is 21.8. The van der Waals surface area contributed by atoms with Crippen molar-refractivity contribution in [3.8, 4) is 17.2 Å². The molecule has 11 nitrogen and oxygen atoms in total. The molecule has 13 heteroatoms. The lowest BCUT2D eigenvalue weighted by molar-refractivity contribution is 0.117. The van der Waals surface area contributed by atoms with Gasteiger partial charge in [0.05, 0.1) is 25.6 Å². The standard InChI is InChI=1S/C24H33ClN6O5S/c1-14(25)13-27-22(26-5)15(2)17(4)37(32,33)30-24-29-28-23(18-11-12-36-16(18)3)31(24)21-19(34-6)9-8-10-20(21)35-7/h8-10,13,15-18H,5,11-12H2,1-4,6-7H3,(H,29,30)/b14-13+,27-22-/t15-,16+,17-,18-/m0/s1. The Balaban J connectivity index is 2.11. The first-order valence-corrected chi connectivity index (χ1v) is 13.6. The molecule has 3 rings (SSSR count). The van der Waals surface area contributed by atoms with Gasteiger partial charge >= 0.3 is 0 Å². The third-order valence-electron chi connectivity index (χ3n) is 6.39. The van der Waals surface area contributed by atoms with Gasteiger partial charge in [0.15, 0.2) is 0 Å². The smallest absolute Gasteiger partial charge is 0.243 e. The van der Waals surface area contributed by atoms with Crippen LogP contribution in [0.3, 0.4) is 0 Å². The van der Waals surface area contributed by atoms with Crippen LogP contribution in [-0.2, 0) is 14.8 Å². The molecule has 1 fully saturated rings. The van der Waals surface area contributed by atoms with Gasteiger partial charge in [0, 0.05) is 29.7 Å². The number of sulfonamides is 1. The molecule has 37 heavy (non-hydrogen) atoms. The van der Waals surface area contributed by atoms with Crippen LogP contribution in [0.1, 0.15) is 45.9 Å². The minimum Gasteiger partial charge on any atom is -0.494 e. The number of nitrogens with zero attached hydrogens (tertiary/aromatic N) is 5. The number of hydrogen-bond acceptors (Lipinski definition) is 8. The molecule has 1 aromatic carbocycles. The number of ether oxygens (including phenoxy) is 3. The second kappa shape index (κ2) is 12.1. The summed E-state index contributed by atoms with van der Waals surface area (Å²) in [5, 5.41) is 8.09. The maximum atomic E-state index is 13.5. The highest BCUT2D eigenvalue weighted by molar-refractivity contribution is 7.93. The molecule has 2 aromatic rings. The SMILES string of the molecule is C=N/C(=N\C=C(/C)Cl)[C@@H](C)[C@H](C)S(=O)(=O)Nc1nnc([C@H]2CCO[C@@H]2C)n1-c1c(OC)cccc1OC. The first-order valence-electron chi connectivity index (χ1n) is 11.7. The Kier molecular flexibility index (Phi) is 9.32. The van der Waals surface area contributed by atoms with Gasteiger partial charge in [0.2, 0.25) is 16.0 Å². The van der Waals surface area contributed by atoms with Crippen LogP contribution >= 0.6 is 11.6 Å². The van der Waals surface area contributed by atoms with E-state index in [1.54, 1.807) is 43.5 Å². The number of rotatable bonds is 10. The number of allylic oxidation sites excluding steroid dienone is 1. The predicted molar refractivity (Wildman–Crippen MR) is 145 cm³/mol. The first kappa shape index (κ1) is 28.6. The number of para-hydroxylation sites is 1. The molecule has 1 N–H and O–H groups in total. The molecule has 0 amide bonds. The van der Waals surface area contributed by atoms with Crippen LogP contribution in [0, 0.1) is 5.92 Å². The summed E-state index contributed by atoms with van der Waals surface area (Å²) in [4.78, 5) is 8.08. The van der Waals surface area contributed by atoms with Crippen molar-refractivity contribution in [1.82, 2.24) is 14.8 Å². The predicted octanol–water partition coefficient (Wildman–Crippen LogP) is 4.14. The summed E-state index contributed by atoms with van der Waals surface area (Å²) in [6.45, 7) is 10.9. The van der Waals surface area contributed by atoms with Crippen molar-refractivity contribution in [2.24, 2.45) is 15.9 Å². The zero-order chi connectivity index (χ0) is 27.3. The quantitative estimate of drug-likeness (QED) is 0.346. The molecule has 0 spiro atoms. The van der Waals surface area contributed by atoms with E-state index in [1.165, 1.54) is 20.4 Å². The fraction of sp³-hybridized carbons (Fsp3) is 0.500. The van der Waals surface area contributed by atoms with E-state index >= 15 is 0 Å². The highest BCUT2D eigenvalue weighted by atomic mass is 35.5. The van der Waals surface area contributed by atoms with Gasteiger partial charge < -0.3 is 14.2 Å². The second-order valence-electron chi connectivity index (χ2n) is 8.70.